The summed E-state index contributed by atoms with van der Waals surface area (Å²) in [6, 6.07) is 0. The highest BCUT2D eigenvalue weighted by atomic mass is 79.9. The molecule has 0 saturated heterocycles. The van der Waals surface area contributed by atoms with Crippen LogP contribution in [0.1, 0.15) is 37.3 Å². The molecular weight excluding hydrogens is 314 g/mol. The highest BCUT2D eigenvalue weighted by Crippen LogP contribution is 2.38. The molecule has 3 nitrogen and oxygen atoms in total. The zero-order valence-electron chi connectivity index (χ0n) is 11.1. The van der Waals surface area contributed by atoms with E-state index in [0.717, 1.165) is 18.1 Å². The van der Waals surface area contributed by atoms with E-state index in [-0.39, 0.29) is 0 Å². The number of hydrogen-bond acceptors (Lipinski definition) is 2. The van der Waals surface area contributed by atoms with Crippen LogP contribution in [0.3, 0.4) is 0 Å². The summed E-state index contributed by atoms with van der Waals surface area (Å²) in [4.78, 5) is 2.80. The van der Waals surface area contributed by atoms with Gasteiger partial charge in [0, 0.05) is 17.3 Å². The van der Waals surface area contributed by atoms with Gasteiger partial charge >= 0.3 is 0 Å². The second-order valence-electron chi connectivity index (χ2n) is 5.36. The molecular formula is C13H21BrClN3. The molecule has 1 fully saturated rings. The first-order valence-electron chi connectivity index (χ1n) is 6.58. The second kappa shape index (κ2) is 6.40. The summed E-state index contributed by atoms with van der Waals surface area (Å²) >= 11 is 10.1. The van der Waals surface area contributed by atoms with Crippen LogP contribution in [0.25, 0.3) is 0 Å². The van der Waals surface area contributed by atoms with Crippen LogP contribution in [-0.4, -0.2) is 40.1 Å². The van der Waals surface area contributed by atoms with E-state index >= 15 is 0 Å². The van der Waals surface area contributed by atoms with Gasteiger partial charge in [0.25, 0.3) is 0 Å². The highest BCUT2D eigenvalue weighted by molar-refractivity contribution is 9.09. The van der Waals surface area contributed by atoms with Crippen LogP contribution in [-0.2, 0) is 6.54 Å². The third kappa shape index (κ3) is 3.49. The van der Waals surface area contributed by atoms with Crippen LogP contribution in [0.4, 0.5) is 0 Å². The van der Waals surface area contributed by atoms with Gasteiger partial charge in [-0.25, -0.2) is 0 Å². The van der Waals surface area contributed by atoms with Crippen LogP contribution < -0.4 is 0 Å². The Bertz CT molecular complexity index is 392. The van der Waals surface area contributed by atoms with Crippen LogP contribution in [0.15, 0.2) is 6.20 Å². The van der Waals surface area contributed by atoms with Gasteiger partial charge in [0.15, 0.2) is 0 Å². The summed E-state index contributed by atoms with van der Waals surface area (Å²) in [5, 5.41) is 5.26. The van der Waals surface area contributed by atoms with Crippen molar-refractivity contribution < 1.29 is 0 Å². The summed E-state index contributed by atoms with van der Waals surface area (Å²) in [6.07, 6.45) is 6.75. The number of nitrogens with zero attached hydrogens (tertiary/aromatic N) is 3. The average Bonchev–Trinajstić information content (AvgIpc) is 2.68. The maximum Gasteiger partial charge on any atom is 0.0820 e. The van der Waals surface area contributed by atoms with Crippen molar-refractivity contribution in [1.29, 1.82) is 0 Å². The molecule has 0 bridgehead atoms. The lowest BCUT2D eigenvalue weighted by molar-refractivity contribution is 0.358. The van der Waals surface area contributed by atoms with E-state index in [1.165, 1.54) is 31.4 Å². The minimum absolute atomic E-state index is 0.556. The third-order valence-corrected chi connectivity index (χ3v) is 4.71. The van der Waals surface area contributed by atoms with Gasteiger partial charge in [0.1, 0.15) is 0 Å². The van der Waals surface area contributed by atoms with E-state index in [1.54, 1.807) is 6.20 Å². The largest absolute Gasteiger partial charge is 0.308 e. The molecule has 0 N–H and O–H groups in total. The molecule has 2 atom stereocenters. The van der Waals surface area contributed by atoms with Gasteiger partial charge in [0.2, 0.25) is 0 Å². The summed E-state index contributed by atoms with van der Waals surface area (Å²) in [7, 11) is 4.17. The smallest absolute Gasteiger partial charge is 0.0820 e. The zero-order chi connectivity index (χ0) is 13.1. The fraction of sp³-hybridized carbons (Fsp3) is 0.769. The summed E-state index contributed by atoms with van der Waals surface area (Å²) in [5.41, 5.74) is 1.24. The van der Waals surface area contributed by atoms with Crippen molar-refractivity contribution in [3.63, 3.8) is 0 Å². The first-order chi connectivity index (χ1) is 8.58. The molecule has 2 unspecified atom stereocenters. The monoisotopic (exact) mass is 333 g/mol. The standard InChI is InChI=1S/C13H21BrClN3/c1-17(2)6-7-18-13(12(15)9-16-18)10-4-3-5-11(14)8-10/h9-11H,3-8H2,1-2H3. The normalized spacial score (nSPS) is 24.7. The maximum atomic E-state index is 6.33. The van der Waals surface area contributed by atoms with E-state index in [4.69, 9.17) is 11.6 Å². The molecule has 1 aromatic heterocycles. The van der Waals surface area contributed by atoms with Gasteiger partial charge in [-0.3, -0.25) is 4.68 Å². The molecule has 1 aromatic rings. The number of aromatic nitrogens is 2. The van der Waals surface area contributed by atoms with Crippen LogP contribution in [0, 0.1) is 0 Å². The number of halogens is 2. The molecule has 0 aliphatic heterocycles. The summed E-state index contributed by atoms with van der Waals surface area (Å²) in [5.74, 6) is 0.556. The first-order valence-corrected chi connectivity index (χ1v) is 7.87. The van der Waals surface area contributed by atoms with E-state index < -0.39 is 0 Å². The Balaban J connectivity index is 2.12. The first kappa shape index (κ1) is 14.4. The molecule has 1 aliphatic carbocycles. The van der Waals surface area contributed by atoms with Crippen LogP contribution in [0.2, 0.25) is 5.02 Å². The fourth-order valence-electron chi connectivity index (χ4n) is 2.63. The second-order valence-corrected chi connectivity index (χ2v) is 7.07. The van der Waals surface area contributed by atoms with Crippen molar-refractivity contribution in [3.8, 4) is 0 Å². The van der Waals surface area contributed by atoms with Crippen LogP contribution in [0.5, 0.6) is 0 Å². The Kier molecular flexibility index (Phi) is 5.10. The Morgan fingerprint density at radius 1 is 1.50 bits per heavy atom. The quantitative estimate of drug-likeness (QED) is 0.786. The van der Waals surface area contributed by atoms with Crippen molar-refractivity contribution in [2.75, 3.05) is 20.6 Å². The van der Waals surface area contributed by atoms with Crippen molar-refractivity contribution in [2.24, 2.45) is 0 Å². The third-order valence-electron chi connectivity index (χ3n) is 3.59. The summed E-state index contributed by atoms with van der Waals surface area (Å²) in [6.45, 7) is 1.91. The molecule has 0 aromatic carbocycles. The maximum absolute atomic E-state index is 6.33. The molecule has 0 amide bonds. The SMILES string of the molecule is CN(C)CCn1ncc(Cl)c1C1CCCC(Br)C1. The van der Waals surface area contributed by atoms with E-state index in [9.17, 15) is 0 Å². The van der Waals surface area contributed by atoms with Crippen molar-refractivity contribution in [2.45, 2.75) is 43.0 Å². The van der Waals surface area contributed by atoms with Crippen molar-refractivity contribution in [1.82, 2.24) is 14.7 Å². The molecule has 1 aliphatic rings. The van der Waals surface area contributed by atoms with Crippen molar-refractivity contribution in [3.05, 3.63) is 16.9 Å². The van der Waals surface area contributed by atoms with Gasteiger partial charge < -0.3 is 4.90 Å². The lowest BCUT2D eigenvalue weighted by Gasteiger charge is -2.27. The molecule has 0 radical (unpaired) electrons. The highest BCUT2D eigenvalue weighted by Gasteiger charge is 2.26. The predicted octanol–water partition coefficient (Wildman–Crippen LogP) is 3.52. The van der Waals surface area contributed by atoms with Gasteiger partial charge in [-0.05, 0) is 33.4 Å². The Morgan fingerprint density at radius 3 is 2.94 bits per heavy atom. The molecule has 102 valence electrons. The van der Waals surface area contributed by atoms with E-state index in [1.807, 2.05) is 0 Å². The van der Waals surface area contributed by atoms with E-state index in [0.29, 0.717) is 10.7 Å². The van der Waals surface area contributed by atoms with Crippen molar-refractivity contribution >= 4 is 27.5 Å². The Labute approximate surface area is 123 Å². The number of likely N-dealkylation sites (N-methyl/N-ethyl adjacent to an activating group) is 1. The molecule has 1 heterocycles. The Hall–Kier alpha value is -0.0600. The minimum Gasteiger partial charge on any atom is -0.308 e. The average molecular weight is 335 g/mol. The predicted molar refractivity (Wildman–Crippen MR) is 79.7 cm³/mol. The number of alkyl halides is 1. The molecule has 0 spiro atoms. The van der Waals surface area contributed by atoms with Gasteiger partial charge in [-0.15, -0.1) is 0 Å². The molecule has 1 saturated carbocycles. The fourth-order valence-corrected chi connectivity index (χ4v) is 3.70. The van der Waals surface area contributed by atoms with Gasteiger partial charge in [-0.1, -0.05) is 34.0 Å². The minimum atomic E-state index is 0.556. The molecule has 2 rings (SSSR count). The van der Waals surface area contributed by atoms with E-state index in [2.05, 4.69) is 44.7 Å². The number of hydrogen-bond donors (Lipinski definition) is 0. The van der Waals surface area contributed by atoms with Gasteiger partial charge in [0.05, 0.1) is 23.5 Å². The topological polar surface area (TPSA) is 21.1 Å². The zero-order valence-corrected chi connectivity index (χ0v) is 13.4. The molecule has 5 heteroatoms. The van der Waals surface area contributed by atoms with Gasteiger partial charge in [-0.2, -0.15) is 5.10 Å². The Morgan fingerprint density at radius 2 is 2.28 bits per heavy atom. The lowest BCUT2D eigenvalue weighted by atomic mass is 9.87. The molecule has 18 heavy (non-hydrogen) atoms. The van der Waals surface area contributed by atoms with Crippen LogP contribution >= 0.6 is 27.5 Å². The lowest BCUT2D eigenvalue weighted by Crippen LogP contribution is -2.23. The number of rotatable bonds is 4. The summed E-state index contributed by atoms with van der Waals surface area (Å²) < 4.78 is 2.10.